The summed E-state index contributed by atoms with van der Waals surface area (Å²) >= 11 is 0. The number of aliphatic hydroxyl groups is 2. The molecular weight excluding hydrogens is 444 g/mol. The van der Waals surface area contributed by atoms with Crippen molar-refractivity contribution in [2.24, 2.45) is 11.3 Å². The number of rotatable bonds is 10. The van der Waals surface area contributed by atoms with Crippen molar-refractivity contribution in [3.05, 3.63) is 35.4 Å². The van der Waals surface area contributed by atoms with Crippen LogP contribution in [0.4, 0.5) is 0 Å². The second-order valence-electron chi connectivity index (χ2n) is 9.19. The molecule has 0 heterocycles. The first-order valence-electron chi connectivity index (χ1n) is 11.1. The van der Waals surface area contributed by atoms with Gasteiger partial charge in [-0.25, -0.2) is 4.79 Å². The number of aliphatic hydroxyl groups excluding tert-OH is 1. The van der Waals surface area contributed by atoms with Gasteiger partial charge in [0.05, 0.1) is 26.9 Å². The van der Waals surface area contributed by atoms with Crippen molar-refractivity contribution in [3.63, 3.8) is 0 Å². The van der Waals surface area contributed by atoms with Crippen molar-refractivity contribution in [3.8, 4) is 11.5 Å². The van der Waals surface area contributed by atoms with Gasteiger partial charge in [-0.1, -0.05) is 26.8 Å². The number of hydrogen-bond donors (Lipinski definition) is 2. The van der Waals surface area contributed by atoms with Crippen LogP contribution in [-0.4, -0.2) is 67.6 Å². The maximum Gasteiger partial charge on any atom is 0.342 e. The lowest BCUT2D eigenvalue weighted by atomic mass is 9.62. The highest BCUT2D eigenvalue weighted by molar-refractivity contribution is 5.93. The molecule has 9 nitrogen and oxygen atoms in total. The first kappa shape index (κ1) is 27.6. The molecule has 0 saturated carbocycles. The Labute approximate surface area is 200 Å². The van der Waals surface area contributed by atoms with Gasteiger partial charge in [0.25, 0.3) is 0 Å². The van der Waals surface area contributed by atoms with E-state index in [9.17, 15) is 19.8 Å². The molecule has 4 atom stereocenters. The average molecular weight is 481 g/mol. The molecule has 0 spiro atoms. The number of hydrogen-bond acceptors (Lipinski definition) is 9. The number of carbonyl (C=O) groups excluding carboxylic acids is 2. The third-order valence-corrected chi connectivity index (χ3v) is 6.38. The second kappa shape index (κ2) is 11.2. The molecule has 1 aliphatic carbocycles. The third kappa shape index (κ3) is 5.89. The molecule has 1 aromatic rings. The Balaban J connectivity index is 2.52. The Hall–Kier alpha value is -2.62. The minimum absolute atomic E-state index is 0.0560. The fraction of sp³-hybridized carbons (Fsp3) is 0.600. The molecule has 0 fully saturated rings. The summed E-state index contributed by atoms with van der Waals surface area (Å²) in [6.07, 6.45) is 0.221. The molecule has 0 unspecified atom stereocenters. The van der Waals surface area contributed by atoms with Crippen LogP contribution >= 0.6 is 0 Å². The molecule has 0 amide bonds. The van der Waals surface area contributed by atoms with Gasteiger partial charge in [-0.15, -0.1) is 0 Å². The normalized spacial score (nSPS) is 23.3. The highest BCUT2D eigenvalue weighted by Gasteiger charge is 2.56. The van der Waals surface area contributed by atoms with Gasteiger partial charge in [-0.2, -0.15) is 0 Å². The summed E-state index contributed by atoms with van der Waals surface area (Å²) < 4.78 is 27.1. The molecule has 2 N–H and O–H groups in total. The van der Waals surface area contributed by atoms with Crippen LogP contribution < -0.4 is 9.47 Å². The minimum atomic E-state index is -1.62. The zero-order valence-corrected chi connectivity index (χ0v) is 20.9. The van der Waals surface area contributed by atoms with E-state index in [0.29, 0.717) is 5.75 Å². The quantitative estimate of drug-likeness (QED) is 0.296. The maximum absolute atomic E-state index is 13.3. The number of carbonyl (C=O) groups is 2. The molecule has 9 heteroatoms. The van der Waals surface area contributed by atoms with E-state index in [-0.39, 0.29) is 24.3 Å². The van der Waals surface area contributed by atoms with Gasteiger partial charge < -0.3 is 33.9 Å². The van der Waals surface area contributed by atoms with Crippen LogP contribution in [0.25, 0.3) is 0 Å². The second-order valence-corrected chi connectivity index (χ2v) is 9.19. The standard InChI is InChI=1S/C25H36O9/c1-15-11-24(4,5)25(29,12-21(15)33-14-26)22(16(2)13-32-17(3)27)34-23(28)19-10-18(30-6)8-9-20(19)31-7/h8-11,16,21-22,26,29H,12-14H2,1-7H3/t16-,21-,22-,25+/m0/s1. The van der Waals surface area contributed by atoms with Crippen LogP contribution in [0.1, 0.15) is 51.4 Å². The summed E-state index contributed by atoms with van der Waals surface area (Å²) in [6.45, 7) is 7.92. The van der Waals surface area contributed by atoms with Crippen molar-refractivity contribution < 1.29 is 43.5 Å². The molecule has 0 aliphatic heterocycles. The highest BCUT2D eigenvalue weighted by Crippen LogP contribution is 2.48. The van der Waals surface area contributed by atoms with E-state index in [1.165, 1.54) is 27.2 Å². The van der Waals surface area contributed by atoms with E-state index >= 15 is 0 Å². The zero-order chi connectivity index (χ0) is 25.7. The Bertz CT molecular complexity index is 908. The molecule has 0 saturated heterocycles. The van der Waals surface area contributed by atoms with Crippen molar-refractivity contribution in [2.45, 2.75) is 58.8 Å². The van der Waals surface area contributed by atoms with E-state index in [2.05, 4.69) is 0 Å². The zero-order valence-electron chi connectivity index (χ0n) is 20.9. The van der Waals surface area contributed by atoms with Crippen LogP contribution in [0.2, 0.25) is 0 Å². The number of ether oxygens (including phenoxy) is 5. The monoisotopic (exact) mass is 480 g/mol. The highest BCUT2D eigenvalue weighted by atomic mass is 16.6. The molecular formula is C25H36O9. The fourth-order valence-electron chi connectivity index (χ4n) is 4.43. The largest absolute Gasteiger partial charge is 0.497 e. The summed E-state index contributed by atoms with van der Waals surface area (Å²) in [7, 11) is 2.91. The third-order valence-electron chi connectivity index (χ3n) is 6.38. The maximum atomic E-state index is 13.3. The van der Waals surface area contributed by atoms with Crippen LogP contribution in [0.15, 0.2) is 29.8 Å². The van der Waals surface area contributed by atoms with E-state index in [4.69, 9.17) is 23.7 Å². The Morgan fingerprint density at radius 2 is 1.88 bits per heavy atom. The molecule has 2 rings (SSSR count). The lowest BCUT2D eigenvalue weighted by molar-refractivity contribution is -0.188. The molecule has 0 radical (unpaired) electrons. The number of methoxy groups -OCH3 is 2. The van der Waals surface area contributed by atoms with Crippen LogP contribution in [0, 0.1) is 11.3 Å². The van der Waals surface area contributed by atoms with Crippen LogP contribution in [0.3, 0.4) is 0 Å². The fourth-order valence-corrected chi connectivity index (χ4v) is 4.43. The molecule has 190 valence electrons. The van der Waals surface area contributed by atoms with Gasteiger partial charge in [0, 0.05) is 24.7 Å². The van der Waals surface area contributed by atoms with Gasteiger partial charge in [-0.3, -0.25) is 4.79 Å². The van der Waals surface area contributed by atoms with Gasteiger partial charge in [0.1, 0.15) is 35.6 Å². The minimum Gasteiger partial charge on any atom is -0.497 e. The van der Waals surface area contributed by atoms with Gasteiger partial charge in [-0.05, 0) is 30.7 Å². The first-order valence-corrected chi connectivity index (χ1v) is 11.1. The summed E-state index contributed by atoms with van der Waals surface area (Å²) in [6, 6.07) is 4.73. The lowest BCUT2D eigenvalue weighted by Gasteiger charge is -2.51. The summed E-state index contributed by atoms with van der Waals surface area (Å²) in [5.74, 6) is -1.08. The Kier molecular flexibility index (Phi) is 9.10. The van der Waals surface area contributed by atoms with Crippen LogP contribution in [-0.2, 0) is 19.0 Å². The van der Waals surface area contributed by atoms with E-state index in [0.717, 1.165) is 5.57 Å². The van der Waals surface area contributed by atoms with E-state index < -0.39 is 47.9 Å². The Morgan fingerprint density at radius 1 is 1.21 bits per heavy atom. The summed E-state index contributed by atoms with van der Waals surface area (Å²) in [5, 5.41) is 21.4. The first-order chi connectivity index (χ1) is 15.9. The van der Waals surface area contributed by atoms with Crippen molar-refractivity contribution >= 4 is 11.9 Å². The Morgan fingerprint density at radius 3 is 2.44 bits per heavy atom. The average Bonchev–Trinajstić information content (AvgIpc) is 2.78. The van der Waals surface area contributed by atoms with Crippen molar-refractivity contribution in [1.29, 1.82) is 0 Å². The van der Waals surface area contributed by atoms with Gasteiger partial charge in [0.2, 0.25) is 0 Å². The summed E-state index contributed by atoms with van der Waals surface area (Å²) in [4.78, 5) is 24.8. The molecule has 1 aromatic carbocycles. The molecule has 0 aromatic heterocycles. The smallest absolute Gasteiger partial charge is 0.342 e. The molecule has 34 heavy (non-hydrogen) atoms. The SMILES string of the molecule is COc1ccc(OC)c(C(=O)O[C@@H]([C@@H](C)COC(C)=O)[C@]2(O)C[C@H](OCO)C(C)=CC2(C)C)c1. The number of benzene rings is 1. The number of esters is 2. The van der Waals surface area contributed by atoms with Crippen molar-refractivity contribution in [1.82, 2.24) is 0 Å². The predicted molar refractivity (Wildman–Crippen MR) is 124 cm³/mol. The van der Waals surface area contributed by atoms with E-state index in [1.807, 2.05) is 26.8 Å². The van der Waals surface area contributed by atoms with Gasteiger partial charge >= 0.3 is 11.9 Å². The topological polar surface area (TPSA) is 121 Å². The summed E-state index contributed by atoms with van der Waals surface area (Å²) in [5.41, 5.74) is -1.50. The molecule has 1 aliphatic rings. The van der Waals surface area contributed by atoms with Crippen molar-refractivity contribution in [2.75, 3.05) is 27.6 Å². The predicted octanol–water partition coefficient (Wildman–Crippen LogP) is 2.87. The van der Waals surface area contributed by atoms with E-state index in [1.54, 1.807) is 19.1 Å². The van der Waals surface area contributed by atoms with Crippen LogP contribution in [0.5, 0.6) is 11.5 Å². The van der Waals surface area contributed by atoms with Gasteiger partial charge in [0.15, 0.2) is 0 Å². The lowest BCUT2D eigenvalue weighted by Crippen LogP contribution is -2.61. The molecule has 0 bridgehead atoms.